The molecule has 1 aliphatic rings. The average Bonchev–Trinajstić information content (AvgIpc) is 3.10. The minimum Gasteiger partial charge on any atom is -0.380 e. The van der Waals surface area contributed by atoms with Crippen LogP contribution in [0.2, 0.25) is 0 Å². The number of rotatable bonds is 5. The molecule has 1 saturated heterocycles. The zero-order chi connectivity index (χ0) is 19.7. The third kappa shape index (κ3) is 3.54. The zero-order valence-corrected chi connectivity index (χ0v) is 16.6. The number of nitrogens with one attached hydrogen (secondary N) is 2. The molecule has 0 spiro atoms. The van der Waals surface area contributed by atoms with Gasteiger partial charge in [-0.2, -0.15) is 0 Å². The number of H-pyrrole nitrogens is 1. The molecule has 1 fully saturated rings. The number of piperazine rings is 1. The summed E-state index contributed by atoms with van der Waals surface area (Å²) in [5, 5.41) is 4.63. The van der Waals surface area contributed by atoms with E-state index in [0.717, 1.165) is 42.2 Å². The molecule has 0 bridgehead atoms. The van der Waals surface area contributed by atoms with Gasteiger partial charge in [0.05, 0.1) is 5.69 Å². The van der Waals surface area contributed by atoms with Gasteiger partial charge in [0.2, 0.25) is 0 Å². The van der Waals surface area contributed by atoms with E-state index in [9.17, 15) is 4.79 Å². The van der Waals surface area contributed by atoms with Crippen LogP contribution >= 0.6 is 0 Å². The Hall–Kier alpha value is -3.02. The van der Waals surface area contributed by atoms with E-state index >= 15 is 0 Å². The number of benzene rings is 1. The molecule has 1 atom stereocenters. The molecule has 1 aromatic carbocycles. The summed E-state index contributed by atoms with van der Waals surface area (Å²) in [4.78, 5) is 24.4. The predicted octanol–water partition coefficient (Wildman–Crippen LogP) is 3.59. The SMILES string of the molecule is Cc1ccc2[nH]c(N3CCN(c4ncccc4NC(C)C)CC3C=O)cc2c1. The van der Waals surface area contributed by atoms with Gasteiger partial charge in [0, 0.05) is 42.8 Å². The average molecular weight is 377 g/mol. The van der Waals surface area contributed by atoms with Crippen LogP contribution in [-0.4, -0.2) is 48.0 Å². The van der Waals surface area contributed by atoms with E-state index in [4.69, 9.17) is 0 Å². The van der Waals surface area contributed by atoms with Crippen LogP contribution in [0.1, 0.15) is 19.4 Å². The lowest BCUT2D eigenvalue weighted by atomic mass is 10.1. The first-order valence-corrected chi connectivity index (χ1v) is 9.83. The van der Waals surface area contributed by atoms with Crippen molar-refractivity contribution in [2.45, 2.75) is 32.9 Å². The molecule has 28 heavy (non-hydrogen) atoms. The Bertz CT molecular complexity index is 980. The van der Waals surface area contributed by atoms with Gasteiger partial charge in [-0.15, -0.1) is 0 Å². The number of carbonyl (C=O) groups is 1. The lowest BCUT2D eigenvalue weighted by Gasteiger charge is -2.40. The summed E-state index contributed by atoms with van der Waals surface area (Å²) in [6.45, 7) is 8.49. The molecule has 3 heterocycles. The maximum Gasteiger partial charge on any atom is 0.152 e. The minimum atomic E-state index is -0.225. The highest BCUT2D eigenvalue weighted by molar-refractivity contribution is 5.85. The number of hydrogen-bond acceptors (Lipinski definition) is 5. The Kier molecular flexibility index (Phi) is 4.94. The van der Waals surface area contributed by atoms with E-state index in [1.807, 2.05) is 18.3 Å². The highest BCUT2D eigenvalue weighted by atomic mass is 16.1. The number of fused-ring (bicyclic) bond motifs is 1. The lowest BCUT2D eigenvalue weighted by molar-refractivity contribution is -0.109. The Morgan fingerprint density at radius 2 is 2.11 bits per heavy atom. The third-order valence-corrected chi connectivity index (χ3v) is 5.18. The Morgan fingerprint density at radius 3 is 2.89 bits per heavy atom. The molecule has 6 heteroatoms. The standard InChI is InChI=1S/C22H27N5O/c1-15(2)24-20-5-4-8-23-22(20)26-9-10-27(18(13-26)14-28)21-12-17-11-16(3)6-7-19(17)25-21/h4-8,11-12,14-15,18,24-25H,9-10,13H2,1-3H3. The fourth-order valence-corrected chi connectivity index (χ4v) is 3.88. The van der Waals surface area contributed by atoms with Crippen molar-refractivity contribution in [2.24, 2.45) is 0 Å². The van der Waals surface area contributed by atoms with E-state index in [-0.39, 0.29) is 6.04 Å². The van der Waals surface area contributed by atoms with Crippen molar-refractivity contribution in [3.63, 3.8) is 0 Å². The summed E-state index contributed by atoms with van der Waals surface area (Å²) >= 11 is 0. The normalized spacial score (nSPS) is 17.4. The molecule has 3 aromatic rings. The molecule has 2 N–H and O–H groups in total. The van der Waals surface area contributed by atoms with Crippen molar-refractivity contribution in [3.8, 4) is 0 Å². The molecule has 0 amide bonds. The number of aromatic nitrogens is 2. The van der Waals surface area contributed by atoms with Crippen LogP contribution in [0.25, 0.3) is 10.9 Å². The molecule has 2 aromatic heterocycles. The number of nitrogens with zero attached hydrogens (tertiary/aromatic N) is 3. The Balaban J connectivity index is 1.58. The molecular formula is C22H27N5O. The van der Waals surface area contributed by atoms with Crippen molar-refractivity contribution < 1.29 is 4.79 Å². The minimum absolute atomic E-state index is 0.225. The van der Waals surface area contributed by atoms with Gasteiger partial charge in [-0.25, -0.2) is 4.98 Å². The second kappa shape index (κ2) is 7.54. The van der Waals surface area contributed by atoms with Gasteiger partial charge in [-0.05, 0) is 51.1 Å². The Morgan fingerprint density at radius 1 is 1.25 bits per heavy atom. The number of aromatic amines is 1. The lowest BCUT2D eigenvalue weighted by Crippen LogP contribution is -2.54. The smallest absolute Gasteiger partial charge is 0.152 e. The van der Waals surface area contributed by atoms with Crippen molar-refractivity contribution in [1.82, 2.24) is 9.97 Å². The molecule has 146 valence electrons. The number of hydrogen-bond donors (Lipinski definition) is 2. The van der Waals surface area contributed by atoms with Crippen LogP contribution in [0.15, 0.2) is 42.6 Å². The van der Waals surface area contributed by atoms with Crippen LogP contribution < -0.4 is 15.1 Å². The highest BCUT2D eigenvalue weighted by Crippen LogP contribution is 2.29. The molecule has 0 radical (unpaired) electrons. The number of anilines is 3. The summed E-state index contributed by atoms with van der Waals surface area (Å²) < 4.78 is 0. The van der Waals surface area contributed by atoms with Crippen molar-refractivity contribution in [3.05, 3.63) is 48.2 Å². The monoisotopic (exact) mass is 377 g/mol. The Labute approximate surface area is 165 Å². The van der Waals surface area contributed by atoms with Gasteiger partial charge in [-0.1, -0.05) is 11.6 Å². The zero-order valence-electron chi connectivity index (χ0n) is 16.6. The summed E-state index contributed by atoms with van der Waals surface area (Å²) in [6.07, 6.45) is 2.85. The first-order valence-electron chi connectivity index (χ1n) is 9.83. The van der Waals surface area contributed by atoms with Crippen LogP contribution in [0.5, 0.6) is 0 Å². The highest BCUT2D eigenvalue weighted by Gasteiger charge is 2.29. The summed E-state index contributed by atoms with van der Waals surface area (Å²) in [7, 11) is 0. The van der Waals surface area contributed by atoms with Crippen molar-refractivity contribution in [2.75, 3.05) is 34.8 Å². The van der Waals surface area contributed by atoms with Gasteiger partial charge >= 0.3 is 0 Å². The van der Waals surface area contributed by atoms with Gasteiger partial charge in [0.25, 0.3) is 0 Å². The second-order valence-electron chi connectivity index (χ2n) is 7.76. The summed E-state index contributed by atoms with van der Waals surface area (Å²) in [6, 6.07) is 12.6. The van der Waals surface area contributed by atoms with Gasteiger partial charge in [0.15, 0.2) is 5.82 Å². The first kappa shape index (κ1) is 18.3. The number of aryl methyl sites for hydroxylation is 1. The topological polar surface area (TPSA) is 64.3 Å². The number of carbonyl (C=O) groups excluding carboxylic acids is 1. The predicted molar refractivity (Wildman–Crippen MR) is 115 cm³/mol. The molecule has 0 aliphatic carbocycles. The fraction of sp³-hybridized carbons (Fsp3) is 0.364. The van der Waals surface area contributed by atoms with Gasteiger partial charge in [0.1, 0.15) is 18.1 Å². The molecule has 1 unspecified atom stereocenters. The molecular weight excluding hydrogens is 350 g/mol. The third-order valence-electron chi connectivity index (χ3n) is 5.18. The fourth-order valence-electron chi connectivity index (χ4n) is 3.88. The van der Waals surface area contributed by atoms with E-state index in [1.54, 1.807) is 0 Å². The quantitative estimate of drug-likeness (QED) is 0.666. The number of pyridine rings is 1. The first-order chi connectivity index (χ1) is 13.5. The van der Waals surface area contributed by atoms with Gasteiger partial charge in [-0.3, -0.25) is 0 Å². The van der Waals surface area contributed by atoms with Gasteiger partial charge < -0.3 is 24.9 Å². The van der Waals surface area contributed by atoms with Crippen LogP contribution in [0, 0.1) is 6.92 Å². The van der Waals surface area contributed by atoms with Crippen molar-refractivity contribution >= 4 is 34.5 Å². The second-order valence-corrected chi connectivity index (χ2v) is 7.76. The molecule has 0 saturated carbocycles. The van der Waals surface area contributed by atoms with E-state index in [0.29, 0.717) is 12.6 Å². The van der Waals surface area contributed by atoms with Crippen molar-refractivity contribution in [1.29, 1.82) is 0 Å². The van der Waals surface area contributed by atoms with Crippen LogP contribution in [0.4, 0.5) is 17.3 Å². The summed E-state index contributed by atoms with van der Waals surface area (Å²) in [5.74, 6) is 1.91. The van der Waals surface area contributed by atoms with Crippen LogP contribution in [-0.2, 0) is 4.79 Å². The summed E-state index contributed by atoms with van der Waals surface area (Å²) in [5.41, 5.74) is 3.34. The molecule has 6 nitrogen and oxygen atoms in total. The largest absolute Gasteiger partial charge is 0.380 e. The van der Waals surface area contributed by atoms with E-state index in [2.05, 4.69) is 70.1 Å². The molecule has 4 rings (SSSR count). The molecule has 1 aliphatic heterocycles. The maximum absolute atomic E-state index is 11.9. The van der Waals surface area contributed by atoms with E-state index in [1.165, 1.54) is 10.9 Å². The number of aldehydes is 1. The maximum atomic E-state index is 11.9. The van der Waals surface area contributed by atoms with E-state index < -0.39 is 0 Å². The van der Waals surface area contributed by atoms with Crippen LogP contribution in [0.3, 0.4) is 0 Å².